The van der Waals surface area contributed by atoms with E-state index in [-0.39, 0.29) is 0 Å². The zero-order valence-corrected chi connectivity index (χ0v) is 8.71. The van der Waals surface area contributed by atoms with E-state index < -0.39 is 0 Å². The van der Waals surface area contributed by atoms with Crippen molar-refractivity contribution < 1.29 is 4.42 Å². The minimum atomic E-state index is 0.461. The number of aromatic nitrogens is 2. The summed E-state index contributed by atoms with van der Waals surface area (Å²) in [5, 5.41) is 7.98. The highest BCUT2D eigenvalue weighted by Crippen LogP contribution is 2.25. The first-order chi connectivity index (χ1) is 6.25. The third kappa shape index (κ3) is 1.89. The second-order valence-corrected chi connectivity index (χ2v) is 3.75. The molecule has 2 rings (SSSR count). The van der Waals surface area contributed by atoms with Crippen molar-refractivity contribution in [2.45, 2.75) is 0 Å². The number of benzene rings is 1. The highest BCUT2D eigenvalue weighted by molar-refractivity contribution is 9.10. The first-order valence-corrected chi connectivity index (χ1v) is 4.65. The molecule has 0 aliphatic rings. The Morgan fingerprint density at radius 3 is 2.77 bits per heavy atom. The standard InChI is InChI=1S/C8H4BrClN2O/c9-6-1-5(2-7(10)3-6)8-12-11-4-13-8/h1-4H. The lowest BCUT2D eigenvalue weighted by atomic mass is 10.2. The van der Waals surface area contributed by atoms with Gasteiger partial charge in [0.2, 0.25) is 12.3 Å². The van der Waals surface area contributed by atoms with Crippen LogP contribution in [0.1, 0.15) is 0 Å². The molecule has 3 nitrogen and oxygen atoms in total. The van der Waals surface area contributed by atoms with Crippen molar-refractivity contribution in [3.63, 3.8) is 0 Å². The Kier molecular flexibility index (Phi) is 2.33. The lowest BCUT2D eigenvalue weighted by Crippen LogP contribution is -1.78. The topological polar surface area (TPSA) is 38.9 Å². The van der Waals surface area contributed by atoms with Gasteiger partial charge in [-0.3, -0.25) is 0 Å². The predicted molar refractivity (Wildman–Crippen MR) is 52.4 cm³/mol. The lowest BCUT2D eigenvalue weighted by Gasteiger charge is -1.96. The van der Waals surface area contributed by atoms with Gasteiger partial charge in [-0.05, 0) is 18.2 Å². The molecule has 0 fully saturated rings. The Hall–Kier alpha value is -0.870. The second kappa shape index (κ2) is 3.47. The summed E-state index contributed by atoms with van der Waals surface area (Å²) in [7, 11) is 0. The van der Waals surface area contributed by atoms with Gasteiger partial charge in [0.1, 0.15) is 0 Å². The van der Waals surface area contributed by atoms with Crippen LogP contribution in [0, 0.1) is 0 Å². The largest absolute Gasteiger partial charge is 0.423 e. The second-order valence-electron chi connectivity index (χ2n) is 2.40. The minimum Gasteiger partial charge on any atom is -0.423 e. The van der Waals surface area contributed by atoms with E-state index in [1.165, 1.54) is 6.39 Å². The van der Waals surface area contributed by atoms with Crippen LogP contribution in [0.25, 0.3) is 11.5 Å². The van der Waals surface area contributed by atoms with Crippen molar-refractivity contribution in [2.24, 2.45) is 0 Å². The zero-order valence-electron chi connectivity index (χ0n) is 6.37. The average Bonchev–Trinajstić information content (AvgIpc) is 2.53. The average molecular weight is 259 g/mol. The van der Waals surface area contributed by atoms with E-state index in [0.29, 0.717) is 10.9 Å². The van der Waals surface area contributed by atoms with E-state index in [9.17, 15) is 0 Å². The van der Waals surface area contributed by atoms with Crippen LogP contribution in [0.5, 0.6) is 0 Å². The smallest absolute Gasteiger partial charge is 0.247 e. The number of nitrogens with zero attached hydrogens (tertiary/aromatic N) is 2. The summed E-state index contributed by atoms with van der Waals surface area (Å²) >= 11 is 9.17. The van der Waals surface area contributed by atoms with Crippen molar-refractivity contribution in [1.29, 1.82) is 0 Å². The first kappa shape index (κ1) is 8.72. The van der Waals surface area contributed by atoms with Crippen LogP contribution < -0.4 is 0 Å². The van der Waals surface area contributed by atoms with Gasteiger partial charge in [0, 0.05) is 15.1 Å². The van der Waals surface area contributed by atoms with Crippen molar-refractivity contribution in [1.82, 2.24) is 10.2 Å². The van der Waals surface area contributed by atoms with E-state index in [4.69, 9.17) is 16.0 Å². The van der Waals surface area contributed by atoms with Crippen LogP contribution in [0.2, 0.25) is 5.02 Å². The van der Waals surface area contributed by atoms with Gasteiger partial charge in [-0.25, -0.2) is 0 Å². The van der Waals surface area contributed by atoms with Gasteiger partial charge in [-0.1, -0.05) is 27.5 Å². The molecule has 5 heteroatoms. The van der Waals surface area contributed by atoms with Crippen molar-refractivity contribution >= 4 is 27.5 Å². The Morgan fingerprint density at radius 1 is 1.31 bits per heavy atom. The third-order valence-corrected chi connectivity index (χ3v) is 2.15. The van der Waals surface area contributed by atoms with Gasteiger partial charge in [0.15, 0.2) is 0 Å². The molecule has 13 heavy (non-hydrogen) atoms. The summed E-state index contributed by atoms with van der Waals surface area (Å²) in [6, 6.07) is 5.42. The van der Waals surface area contributed by atoms with Gasteiger partial charge in [-0.15, -0.1) is 10.2 Å². The molecule has 0 atom stereocenters. The molecule has 0 amide bonds. The summed E-state index contributed by atoms with van der Waals surface area (Å²) < 4.78 is 5.91. The number of hydrogen-bond donors (Lipinski definition) is 0. The first-order valence-electron chi connectivity index (χ1n) is 3.48. The number of rotatable bonds is 1. The summed E-state index contributed by atoms with van der Waals surface area (Å²) in [6.45, 7) is 0. The maximum absolute atomic E-state index is 5.85. The highest BCUT2D eigenvalue weighted by atomic mass is 79.9. The summed E-state index contributed by atoms with van der Waals surface area (Å²) in [4.78, 5) is 0. The Bertz CT molecular complexity index is 396. The number of hydrogen-bond acceptors (Lipinski definition) is 3. The molecule has 0 spiro atoms. The summed E-state index contributed by atoms with van der Waals surface area (Å²) in [5.74, 6) is 0.461. The molecular weight excluding hydrogens is 255 g/mol. The molecule has 1 aromatic carbocycles. The quantitative estimate of drug-likeness (QED) is 0.790. The molecule has 1 aromatic heterocycles. The zero-order chi connectivity index (χ0) is 9.26. The molecule has 0 N–H and O–H groups in total. The molecule has 0 saturated heterocycles. The molecule has 1 heterocycles. The molecule has 0 aliphatic carbocycles. The molecule has 66 valence electrons. The van der Waals surface area contributed by atoms with Crippen LogP contribution in [-0.2, 0) is 0 Å². The van der Waals surface area contributed by atoms with Crippen LogP contribution in [-0.4, -0.2) is 10.2 Å². The van der Waals surface area contributed by atoms with E-state index >= 15 is 0 Å². The van der Waals surface area contributed by atoms with Gasteiger partial charge in [-0.2, -0.15) is 0 Å². The molecule has 0 unspecified atom stereocenters. The highest BCUT2D eigenvalue weighted by Gasteiger charge is 2.04. The van der Waals surface area contributed by atoms with Crippen molar-refractivity contribution in [2.75, 3.05) is 0 Å². The van der Waals surface area contributed by atoms with Crippen LogP contribution in [0.15, 0.2) is 33.5 Å². The third-order valence-electron chi connectivity index (χ3n) is 1.47. The molecular formula is C8H4BrClN2O. The molecule has 0 radical (unpaired) electrons. The van der Waals surface area contributed by atoms with Gasteiger partial charge in [0.05, 0.1) is 0 Å². The summed E-state index contributed by atoms with van der Waals surface area (Å²) in [5.41, 5.74) is 0.803. The van der Waals surface area contributed by atoms with E-state index in [2.05, 4.69) is 26.1 Å². The van der Waals surface area contributed by atoms with Crippen LogP contribution >= 0.6 is 27.5 Å². The van der Waals surface area contributed by atoms with Gasteiger partial charge in [0.25, 0.3) is 0 Å². The SMILES string of the molecule is Clc1cc(Br)cc(-c2nnco2)c1. The van der Waals surface area contributed by atoms with E-state index in [1.54, 1.807) is 12.1 Å². The van der Waals surface area contributed by atoms with Crippen LogP contribution in [0.3, 0.4) is 0 Å². The normalized spacial score (nSPS) is 10.3. The van der Waals surface area contributed by atoms with Crippen LogP contribution in [0.4, 0.5) is 0 Å². The van der Waals surface area contributed by atoms with Gasteiger partial charge >= 0.3 is 0 Å². The Morgan fingerprint density at radius 2 is 2.15 bits per heavy atom. The lowest BCUT2D eigenvalue weighted by molar-refractivity contribution is 0.568. The fraction of sp³-hybridized carbons (Fsp3) is 0. The molecule has 0 saturated carbocycles. The van der Waals surface area contributed by atoms with E-state index in [0.717, 1.165) is 10.0 Å². The fourth-order valence-corrected chi connectivity index (χ4v) is 1.84. The maximum atomic E-state index is 5.85. The summed E-state index contributed by atoms with van der Waals surface area (Å²) in [6.07, 6.45) is 1.28. The van der Waals surface area contributed by atoms with E-state index in [1.807, 2.05) is 6.07 Å². The van der Waals surface area contributed by atoms with Gasteiger partial charge < -0.3 is 4.42 Å². The monoisotopic (exact) mass is 258 g/mol. The Labute approximate surface area is 87.9 Å². The molecule has 0 aliphatic heterocycles. The Balaban J connectivity index is 2.53. The van der Waals surface area contributed by atoms with Crippen molar-refractivity contribution in [3.8, 4) is 11.5 Å². The predicted octanol–water partition coefficient (Wildman–Crippen LogP) is 3.15. The fourth-order valence-electron chi connectivity index (χ4n) is 0.976. The molecule has 2 aromatic rings. The maximum Gasteiger partial charge on any atom is 0.247 e. The minimum absolute atomic E-state index is 0.461. The number of halogens is 2. The van der Waals surface area contributed by atoms with Crippen molar-refractivity contribution in [3.05, 3.63) is 34.1 Å². The molecule has 0 bridgehead atoms.